The van der Waals surface area contributed by atoms with Gasteiger partial charge in [-0.3, -0.25) is 0 Å². The number of nitrogens with zero attached hydrogens (tertiary/aromatic N) is 1. The number of thioether (sulfide) groups is 1. The van der Waals surface area contributed by atoms with Gasteiger partial charge >= 0.3 is 6.03 Å². The van der Waals surface area contributed by atoms with Crippen molar-refractivity contribution in [1.82, 2.24) is 10.3 Å². The predicted octanol–water partition coefficient (Wildman–Crippen LogP) is 3.28. The second-order valence-corrected chi connectivity index (χ2v) is 5.72. The van der Waals surface area contributed by atoms with Crippen molar-refractivity contribution in [2.24, 2.45) is 0 Å². The van der Waals surface area contributed by atoms with Crippen LogP contribution in [0.1, 0.15) is 5.56 Å². The van der Waals surface area contributed by atoms with Crippen molar-refractivity contribution in [3.8, 4) is 5.88 Å². The Hall–Kier alpha value is -2.28. The molecule has 1 aromatic carbocycles. The molecule has 0 unspecified atom stereocenters. The second kappa shape index (κ2) is 8.99. The standard InChI is InChI=1S/C16H18FN3O2S/c1-22-15-7-6-13(10-19-15)20-16(21)18-8-9-23-11-12-4-2-3-5-14(12)17/h2-7,10H,8-9,11H2,1H3,(H2,18,20,21). The van der Waals surface area contributed by atoms with Crippen LogP contribution in [0.4, 0.5) is 14.9 Å². The number of ether oxygens (including phenoxy) is 1. The van der Waals surface area contributed by atoms with E-state index in [9.17, 15) is 9.18 Å². The Morgan fingerprint density at radius 1 is 1.30 bits per heavy atom. The lowest BCUT2D eigenvalue weighted by Crippen LogP contribution is -2.30. The lowest BCUT2D eigenvalue weighted by atomic mass is 10.2. The number of halogens is 1. The molecule has 2 N–H and O–H groups in total. The summed E-state index contributed by atoms with van der Waals surface area (Å²) >= 11 is 1.56. The van der Waals surface area contributed by atoms with Crippen LogP contribution in [-0.4, -0.2) is 30.4 Å². The molecule has 23 heavy (non-hydrogen) atoms. The van der Waals surface area contributed by atoms with E-state index in [1.807, 2.05) is 6.07 Å². The monoisotopic (exact) mass is 335 g/mol. The molecule has 0 bridgehead atoms. The van der Waals surface area contributed by atoms with Gasteiger partial charge in [0.2, 0.25) is 5.88 Å². The quantitative estimate of drug-likeness (QED) is 0.762. The maximum absolute atomic E-state index is 13.4. The third-order valence-corrected chi connectivity index (χ3v) is 3.96. The number of rotatable bonds is 7. The summed E-state index contributed by atoms with van der Waals surface area (Å²) in [5.41, 5.74) is 1.26. The SMILES string of the molecule is COc1ccc(NC(=O)NCCSCc2ccccc2F)cn1. The molecule has 0 aliphatic carbocycles. The maximum atomic E-state index is 13.4. The summed E-state index contributed by atoms with van der Waals surface area (Å²) in [4.78, 5) is 15.7. The predicted molar refractivity (Wildman–Crippen MR) is 90.4 cm³/mol. The smallest absolute Gasteiger partial charge is 0.319 e. The molecule has 1 aromatic heterocycles. The van der Waals surface area contributed by atoms with Crippen molar-refractivity contribution in [2.45, 2.75) is 5.75 Å². The van der Waals surface area contributed by atoms with E-state index < -0.39 is 0 Å². The molecule has 5 nitrogen and oxygen atoms in total. The minimum absolute atomic E-state index is 0.197. The molecular formula is C16H18FN3O2S. The van der Waals surface area contributed by atoms with E-state index in [1.165, 1.54) is 19.4 Å². The van der Waals surface area contributed by atoms with Gasteiger partial charge in [0.15, 0.2) is 0 Å². The topological polar surface area (TPSA) is 63.2 Å². The van der Waals surface area contributed by atoms with Crippen LogP contribution in [0.2, 0.25) is 0 Å². The minimum atomic E-state index is -0.302. The van der Waals surface area contributed by atoms with Crippen LogP contribution in [0.3, 0.4) is 0 Å². The Kier molecular flexibility index (Phi) is 6.68. The molecule has 0 aliphatic heterocycles. The van der Waals surface area contributed by atoms with Crippen molar-refractivity contribution in [3.05, 3.63) is 54.0 Å². The first-order chi connectivity index (χ1) is 11.2. The number of nitrogens with one attached hydrogen (secondary N) is 2. The van der Waals surface area contributed by atoms with E-state index in [0.29, 0.717) is 35.2 Å². The first-order valence-electron chi connectivity index (χ1n) is 7.05. The highest BCUT2D eigenvalue weighted by atomic mass is 32.2. The van der Waals surface area contributed by atoms with Crippen molar-refractivity contribution in [1.29, 1.82) is 0 Å². The zero-order valence-corrected chi connectivity index (χ0v) is 13.5. The highest BCUT2D eigenvalue weighted by molar-refractivity contribution is 7.98. The molecular weight excluding hydrogens is 317 g/mol. The number of aromatic nitrogens is 1. The van der Waals surface area contributed by atoms with Crippen molar-refractivity contribution in [3.63, 3.8) is 0 Å². The number of anilines is 1. The van der Waals surface area contributed by atoms with Gasteiger partial charge in [-0.25, -0.2) is 14.2 Å². The molecule has 122 valence electrons. The summed E-state index contributed by atoms with van der Waals surface area (Å²) in [7, 11) is 1.53. The number of hydrogen-bond acceptors (Lipinski definition) is 4. The minimum Gasteiger partial charge on any atom is -0.481 e. The highest BCUT2D eigenvalue weighted by Crippen LogP contribution is 2.14. The van der Waals surface area contributed by atoms with Crippen LogP contribution >= 0.6 is 11.8 Å². The molecule has 7 heteroatoms. The first kappa shape index (κ1) is 17.1. The van der Waals surface area contributed by atoms with Gasteiger partial charge < -0.3 is 15.4 Å². The summed E-state index contributed by atoms with van der Waals surface area (Å²) in [6, 6.07) is 9.77. The number of carbonyl (C=O) groups excluding carboxylic acids is 1. The molecule has 0 aliphatic rings. The number of hydrogen-bond donors (Lipinski definition) is 2. The maximum Gasteiger partial charge on any atom is 0.319 e. The van der Waals surface area contributed by atoms with Crippen LogP contribution in [-0.2, 0) is 5.75 Å². The van der Waals surface area contributed by atoms with Crippen molar-refractivity contribution < 1.29 is 13.9 Å². The Morgan fingerprint density at radius 2 is 2.13 bits per heavy atom. The Morgan fingerprint density at radius 3 is 2.83 bits per heavy atom. The van der Waals surface area contributed by atoms with Crippen LogP contribution in [0.25, 0.3) is 0 Å². The fourth-order valence-electron chi connectivity index (χ4n) is 1.78. The number of methoxy groups -OCH3 is 1. The summed E-state index contributed by atoms with van der Waals surface area (Å²) in [6.07, 6.45) is 1.52. The van der Waals surface area contributed by atoms with Gasteiger partial charge in [0.25, 0.3) is 0 Å². The largest absolute Gasteiger partial charge is 0.481 e. The van der Waals surface area contributed by atoms with Crippen LogP contribution in [0.5, 0.6) is 5.88 Å². The molecule has 0 fully saturated rings. The molecule has 1 heterocycles. The number of pyridine rings is 1. The lowest BCUT2D eigenvalue weighted by Gasteiger charge is -2.08. The molecule has 2 aromatic rings. The van der Waals surface area contributed by atoms with Gasteiger partial charge in [-0.1, -0.05) is 18.2 Å². The van der Waals surface area contributed by atoms with Crippen molar-refractivity contribution >= 4 is 23.5 Å². The molecule has 2 rings (SSSR count). The van der Waals surface area contributed by atoms with E-state index >= 15 is 0 Å². The van der Waals surface area contributed by atoms with E-state index in [4.69, 9.17) is 4.74 Å². The van der Waals surface area contributed by atoms with E-state index in [0.717, 1.165) is 0 Å². The van der Waals surface area contributed by atoms with Gasteiger partial charge in [0.1, 0.15) is 5.82 Å². The fourth-order valence-corrected chi connectivity index (χ4v) is 2.63. The second-order valence-electron chi connectivity index (χ2n) is 4.61. The van der Waals surface area contributed by atoms with Gasteiger partial charge in [0.05, 0.1) is 19.0 Å². The molecule has 0 atom stereocenters. The fraction of sp³-hybridized carbons (Fsp3) is 0.250. The van der Waals surface area contributed by atoms with E-state index in [1.54, 1.807) is 36.0 Å². The van der Waals surface area contributed by atoms with Crippen molar-refractivity contribution in [2.75, 3.05) is 24.7 Å². The van der Waals surface area contributed by atoms with Crippen LogP contribution in [0.15, 0.2) is 42.6 Å². The number of carbonyl (C=O) groups is 1. The molecule has 2 amide bonds. The van der Waals surface area contributed by atoms with Gasteiger partial charge in [-0.2, -0.15) is 11.8 Å². The average Bonchev–Trinajstić information content (AvgIpc) is 2.57. The molecule has 0 spiro atoms. The van der Waals surface area contributed by atoms with E-state index in [-0.39, 0.29) is 11.8 Å². The average molecular weight is 335 g/mol. The Bertz CT molecular complexity index is 637. The first-order valence-corrected chi connectivity index (χ1v) is 8.20. The highest BCUT2D eigenvalue weighted by Gasteiger charge is 2.03. The zero-order valence-electron chi connectivity index (χ0n) is 12.7. The summed E-state index contributed by atoms with van der Waals surface area (Å²) in [5, 5.41) is 5.41. The summed E-state index contributed by atoms with van der Waals surface area (Å²) < 4.78 is 18.4. The summed E-state index contributed by atoms with van der Waals surface area (Å²) in [6.45, 7) is 0.495. The van der Waals surface area contributed by atoms with Gasteiger partial charge in [0, 0.05) is 24.1 Å². The summed E-state index contributed by atoms with van der Waals surface area (Å²) in [5.74, 6) is 1.57. The Balaban J connectivity index is 1.64. The number of benzene rings is 1. The number of amides is 2. The third kappa shape index (κ3) is 5.78. The number of urea groups is 1. The Labute approximate surface area is 138 Å². The van der Waals surface area contributed by atoms with E-state index in [2.05, 4.69) is 15.6 Å². The van der Waals surface area contributed by atoms with Crippen LogP contribution < -0.4 is 15.4 Å². The molecule has 0 saturated heterocycles. The molecule has 0 saturated carbocycles. The molecule has 0 radical (unpaired) electrons. The normalized spacial score (nSPS) is 10.2. The lowest BCUT2D eigenvalue weighted by molar-refractivity contribution is 0.252. The van der Waals surface area contributed by atoms with Gasteiger partial charge in [-0.05, 0) is 17.7 Å². The zero-order chi connectivity index (χ0) is 16.5. The van der Waals surface area contributed by atoms with Crippen LogP contribution in [0, 0.1) is 5.82 Å². The third-order valence-electron chi connectivity index (χ3n) is 2.95. The van der Waals surface area contributed by atoms with Gasteiger partial charge in [-0.15, -0.1) is 0 Å².